The predicted octanol–water partition coefficient (Wildman–Crippen LogP) is 5.11. The highest BCUT2D eigenvalue weighted by Crippen LogP contribution is 2.27. The first kappa shape index (κ1) is 22.2. The van der Waals surface area contributed by atoms with E-state index >= 15 is 0 Å². The summed E-state index contributed by atoms with van der Waals surface area (Å²) in [5, 5.41) is 38.0. The molecular weight excluding hydrogens is 422 g/mol. The Morgan fingerprint density at radius 1 is 0.625 bits per heavy atom. The number of carbonyl (C=O) groups is 2. The Bertz CT molecular complexity index is 1160. The molecule has 3 aromatic carbocycles. The van der Waals surface area contributed by atoms with Gasteiger partial charge in [0.15, 0.2) is 0 Å². The van der Waals surface area contributed by atoms with Gasteiger partial charge in [-0.15, -0.1) is 0 Å². The van der Waals surface area contributed by atoms with Crippen molar-refractivity contribution in [2.24, 2.45) is 0 Å². The minimum Gasteiger partial charge on any atom is -0.506 e. The summed E-state index contributed by atoms with van der Waals surface area (Å²) >= 11 is 0. The van der Waals surface area contributed by atoms with Crippen LogP contribution in [0.25, 0.3) is 24.3 Å². The maximum Gasteiger partial charge on any atom is 0.339 e. The lowest BCUT2D eigenvalue weighted by Crippen LogP contribution is -1.99. The molecule has 0 amide bonds. The van der Waals surface area contributed by atoms with Crippen LogP contribution in [0.4, 0.5) is 8.78 Å². The molecule has 32 heavy (non-hydrogen) atoms. The van der Waals surface area contributed by atoms with Gasteiger partial charge < -0.3 is 20.4 Å². The van der Waals surface area contributed by atoms with E-state index in [1.54, 1.807) is 36.4 Å². The van der Waals surface area contributed by atoms with E-state index in [1.807, 2.05) is 0 Å². The van der Waals surface area contributed by atoms with Gasteiger partial charge in [-0.3, -0.25) is 0 Å². The van der Waals surface area contributed by atoms with Gasteiger partial charge >= 0.3 is 11.9 Å². The van der Waals surface area contributed by atoms with Crippen LogP contribution in [0.2, 0.25) is 0 Å². The molecule has 0 unspecified atom stereocenters. The minimum absolute atomic E-state index is 0.00202. The molecule has 162 valence electrons. The standard InChI is InChI=1S/C24H16F2O6/c25-17-9-15(21(27)19(11-17)23(29)30)7-5-13-1-2-14(4-3-13)6-8-16-10-18(26)12-20(22(16)28)24(31)32/h1-12,27-28H,(H,29,30)(H,31,32). The van der Waals surface area contributed by atoms with Crippen molar-refractivity contribution in [3.63, 3.8) is 0 Å². The summed E-state index contributed by atoms with van der Waals surface area (Å²) in [5.74, 6) is -5.60. The number of aromatic hydroxyl groups is 2. The Hall–Kier alpha value is -4.46. The normalized spacial score (nSPS) is 11.3. The number of benzene rings is 3. The Morgan fingerprint density at radius 2 is 0.969 bits per heavy atom. The van der Waals surface area contributed by atoms with Crippen LogP contribution < -0.4 is 0 Å². The molecule has 0 aliphatic heterocycles. The first-order valence-electron chi connectivity index (χ1n) is 9.13. The molecule has 0 spiro atoms. The highest BCUT2D eigenvalue weighted by Gasteiger charge is 2.15. The zero-order valence-corrected chi connectivity index (χ0v) is 16.3. The molecule has 0 aromatic heterocycles. The van der Waals surface area contributed by atoms with Gasteiger partial charge in [-0.05, 0) is 35.4 Å². The lowest BCUT2D eigenvalue weighted by molar-refractivity contribution is 0.0682. The Morgan fingerprint density at radius 3 is 1.28 bits per heavy atom. The molecular formula is C24H16F2O6. The summed E-state index contributed by atoms with van der Waals surface area (Å²) in [7, 11) is 0. The van der Waals surface area contributed by atoms with Gasteiger partial charge in [-0.1, -0.05) is 48.6 Å². The zero-order valence-electron chi connectivity index (χ0n) is 16.3. The van der Waals surface area contributed by atoms with Crippen molar-refractivity contribution in [3.05, 3.63) is 93.5 Å². The number of phenols is 2. The molecule has 0 saturated heterocycles. The van der Waals surface area contributed by atoms with E-state index in [0.29, 0.717) is 11.1 Å². The van der Waals surface area contributed by atoms with E-state index in [-0.39, 0.29) is 11.1 Å². The smallest absolute Gasteiger partial charge is 0.339 e. The number of carboxylic acid groups (broad SMARTS) is 2. The zero-order chi connectivity index (χ0) is 23.4. The molecule has 0 fully saturated rings. The second-order valence-corrected chi connectivity index (χ2v) is 6.73. The van der Waals surface area contributed by atoms with Crippen molar-refractivity contribution >= 4 is 36.2 Å². The fraction of sp³-hybridized carbons (Fsp3) is 0. The van der Waals surface area contributed by atoms with Crippen LogP contribution >= 0.6 is 0 Å². The van der Waals surface area contributed by atoms with Gasteiger partial charge in [0.25, 0.3) is 0 Å². The molecule has 0 heterocycles. The van der Waals surface area contributed by atoms with Crippen LogP contribution in [-0.2, 0) is 0 Å². The Kier molecular flexibility index (Phi) is 6.34. The third-order valence-corrected chi connectivity index (χ3v) is 4.52. The topological polar surface area (TPSA) is 115 Å². The fourth-order valence-electron chi connectivity index (χ4n) is 2.91. The molecule has 4 N–H and O–H groups in total. The van der Waals surface area contributed by atoms with Crippen LogP contribution in [0, 0.1) is 11.6 Å². The number of rotatable bonds is 6. The highest BCUT2D eigenvalue weighted by molar-refractivity contribution is 5.93. The van der Waals surface area contributed by atoms with Crippen LogP contribution in [-0.4, -0.2) is 32.4 Å². The third kappa shape index (κ3) is 4.99. The first-order chi connectivity index (χ1) is 15.2. The number of carboxylic acids is 2. The summed E-state index contributed by atoms with van der Waals surface area (Å²) in [5.41, 5.74) is 0.229. The van der Waals surface area contributed by atoms with Crippen molar-refractivity contribution in [2.75, 3.05) is 0 Å². The van der Waals surface area contributed by atoms with E-state index in [0.717, 1.165) is 24.3 Å². The molecule has 0 aliphatic rings. The molecule has 6 nitrogen and oxygen atoms in total. The summed E-state index contributed by atoms with van der Waals surface area (Å²) in [6.45, 7) is 0. The monoisotopic (exact) mass is 438 g/mol. The van der Waals surface area contributed by atoms with Crippen LogP contribution in [0.1, 0.15) is 43.0 Å². The van der Waals surface area contributed by atoms with Crippen molar-refractivity contribution in [1.82, 2.24) is 0 Å². The molecule has 0 aliphatic carbocycles. The molecule has 0 bridgehead atoms. The molecule has 3 aromatic rings. The van der Waals surface area contributed by atoms with Crippen LogP contribution in [0.15, 0.2) is 48.5 Å². The van der Waals surface area contributed by atoms with Gasteiger partial charge in [-0.25, -0.2) is 18.4 Å². The summed E-state index contributed by atoms with van der Waals surface area (Å²) in [4.78, 5) is 22.1. The van der Waals surface area contributed by atoms with Crippen molar-refractivity contribution in [2.45, 2.75) is 0 Å². The third-order valence-electron chi connectivity index (χ3n) is 4.52. The van der Waals surface area contributed by atoms with Gasteiger partial charge in [-0.2, -0.15) is 0 Å². The average Bonchev–Trinajstić information content (AvgIpc) is 2.74. The summed E-state index contributed by atoms with van der Waals surface area (Å²) < 4.78 is 27.2. The first-order valence-corrected chi connectivity index (χ1v) is 9.13. The molecule has 3 rings (SSSR count). The van der Waals surface area contributed by atoms with Crippen molar-refractivity contribution in [1.29, 1.82) is 0 Å². The second-order valence-electron chi connectivity index (χ2n) is 6.73. The van der Waals surface area contributed by atoms with Gasteiger partial charge in [0.05, 0.1) is 0 Å². The van der Waals surface area contributed by atoms with E-state index < -0.39 is 46.2 Å². The number of hydrogen-bond acceptors (Lipinski definition) is 4. The maximum atomic E-state index is 13.6. The Balaban J connectivity index is 1.81. The molecule has 0 radical (unpaired) electrons. The maximum absolute atomic E-state index is 13.6. The van der Waals surface area contributed by atoms with Gasteiger partial charge in [0.1, 0.15) is 34.3 Å². The van der Waals surface area contributed by atoms with Crippen molar-refractivity contribution < 1.29 is 38.8 Å². The van der Waals surface area contributed by atoms with E-state index in [4.69, 9.17) is 10.2 Å². The molecule has 0 atom stereocenters. The van der Waals surface area contributed by atoms with Crippen LogP contribution in [0.3, 0.4) is 0 Å². The largest absolute Gasteiger partial charge is 0.506 e. The quantitative estimate of drug-likeness (QED) is 0.398. The predicted molar refractivity (Wildman–Crippen MR) is 114 cm³/mol. The van der Waals surface area contributed by atoms with E-state index in [2.05, 4.69) is 0 Å². The summed E-state index contributed by atoms with van der Waals surface area (Å²) in [6, 6.07) is 10.2. The lowest BCUT2D eigenvalue weighted by Gasteiger charge is -2.05. The second kappa shape index (κ2) is 9.13. The van der Waals surface area contributed by atoms with Crippen molar-refractivity contribution in [3.8, 4) is 11.5 Å². The minimum atomic E-state index is -1.45. The van der Waals surface area contributed by atoms with E-state index in [9.17, 15) is 28.6 Å². The SMILES string of the molecule is O=C(O)c1cc(F)cc(C=Cc2ccc(C=Cc3cc(F)cc(C(=O)O)c3O)cc2)c1O. The number of hydrogen-bond donors (Lipinski definition) is 4. The average molecular weight is 438 g/mol. The van der Waals surface area contributed by atoms with Crippen LogP contribution in [0.5, 0.6) is 11.5 Å². The lowest BCUT2D eigenvalue weighted by atomic mass is 10.0. The van der Waals surface area contributed by atoms with Gasteiger partial charge in [0, 0.05) is 11.1 Å². The number of halogens is 2. The molecule has 0 saturated carbocycles. The van der Waals surface area contributed by atoms with E-state index in [1.165, 1.54) is 12.2 Å². The van der Waals surface area contributed by atoms with Gasteiger partial charge in [0.2, 0.25) is 0 Å². The Labute approximate surface area is 180 Å². The summed E-state index contributed by atoms with van der Waals surface area (Å²) in [6.07, 6.45) is 5.83. The number of aromatic carboxylic acids is 2. The highest BCUT2D eigenvalue weighted by atomic mass is 19.1. The fourth-order valence-corrected chi connectivity index (χ4v) is 2.91. The molecule has 8 heteroatoms.